The summed E-state index contributed by atoms with van der Waals surface area (Å²) in [7, 11) is 5.81. The van der Waals surface area contributed by atoms with Crippen LogP contribution >= 0.6 is 0 Å². The first kappa shape index (κ1) is 32.1. The average Bonchev–Trinajstić information content (AvgIpc) is 2.97. The number of para-hydroxylation sites is 1. The number of nitrogens with two attached hydrogens (primary N) is 3. The van der Waals surface area contributed by atoms with Gasteiger partial charge in [0.25, 0.3) is 0 Å². The Balaban J connectivity index is 0.000000239. The summed E-state index contributed by atoms with van der Waals surface area (Å²) in [5, 5.41) is 1.13. The fourth-order valence-electron chi connectivity index (χ4n) is 6.22. The summed E-state index contributed by atoms with van der Waals surface area (Å²) in [5.41, 5.74) is 16.9. The lowest BCUT2D eigenvalue weighted by atomic mass is 9.92. The molecule has 3 unspecified atom stereocenters. The van der Waals surface area contributed by atoms with Gasteiger partial charge < -0.3 is 30.9 Å². The molecule has 5 rings (SSSR count). The van der Waals surface area contributed by atoms with Crippen molar-refractivity contribution in [3.8, 4) is 0 Å². The zero-order chi connectivity index (χ0) is 31.1. The van der Waals surface area contributed by atoms with Gasteiger partial charge in [0, 0.05) is 71.0 Å². The number of benzene rings is 1. The van der Waals surface area contributed by atoms with E-state index in [1.165, 1.54) is 49.0 Å². The van der Waals surface area contributed by atoms with Crippen LogP contribution in [0.2, 0.25) is 0 Å². The quantitative estimate of drug-likeness (QED) is 0.325. The normalized spacial score (nSPS) is 21.9. The molecule has 6 N–H and O–H groups in total. The number of hydrogen-bond acceptors (Lipinski definition) is 9. The van der Waals surface area contributed by atoms with Crippen molar-refractivity contribution in [1.82, 2.24) is 14.8 Å². The number of hydrogen-bond donors (Lipinski definition) is 3. The van der Waals surface area contributed by atoms with E-state index in [2.05, 4.69) is 79.1 Å². The summed E-state index contributed by atoms with van der Waals surface area (Å²) >= 11 is 0. The number of methoxy groups -OCH3 is 1. The molecule has 9 nitrogen and oxygen atoms in total. The number of fused-ring (bicyclic) bond motifs is 1. The number of hydrazine groups is 1. The number of halogens is 1. The maximum atomic E-state index is 13.5. The van der Waals surface area contributed by atoms with E-state index in [0.717, 1.165) is 48.0 Å². The first-order valence-corrected chi connectivity index (χ1v) is 14.8. The van der Waals surface area contributed by atoms with Crippen LogP contribution in [0.5, 0.6) is 0 Å². The highest BCUT2D eigenvalue weighted by atomic mass is 19.1. The lowest BCUT2D eigenvalue weighted by Gasteiger charge is -2.41. The van der Waals surface area contributed by atoms with E-state index in [4.69, 9.17) is 27.0 Å². The lowest BCUT2D eigenvalue weighted by molar-refractivity contribution is 0.185. The molecule has 0 saturated carbocycles. The zero-order valence-electron chi connectivity index (χ0n) is 26.1. The molecule has 0 radical (unpaired) electrons. The first-order chi connectivity index (χ1) is 20.7. The molecule has 0 spiro atoms. The molecule has 4 heterocycles. The number of likely N-dealkylation sites (N-methyl/N-ethyl adjacent to an activating group) is 2. The zero-order valence-corrected chi connectivity index (χ0v) is 26.1. The second-order valence-electron chi connectivity index (χ2n) is 11.7. The standard InChI is InChI=1S/C23H33N5.C10H14FN3O/c1-16-10-17(2)14-28(13-16)23-7-5-6-20(25-23)21-9-8-18-15-26(3)19(12-24)11-22(18)27(21)4;1-15-7-8-3-2-4-9(11)10(8)14(13)6-5-12/h5-9,11,16-17,22H,10,12-15,24H2,1-4H3;2-6H,7,12-13H2,1H3/b;6-5-. The Labute approximate surface area is 255 Å². The Kier molecular flexibility index (Phi) is 10.8. The van der Waals surface area contributed by atoms with Crippen molar-refractivity contribution in [2.75, 3.05) is 57.3 Å². The van der Waals surface area contributed by atoms with E-state index < -0.39 is 5.82 Å². The molecule has 3 aliphatic heterocycles. The predicted molar refractivity (Wildman–Crippen MR) is 174 cm³/mol. The molecule has 0 aliphatic carbocycles. The summed E-state index contributed by atoms with van der Waals surface area (Å²) in [6.45, 7) is 8.67. The van der Waals surface area contributed by atoms with Gasteiger partial charge in [-0.05, 0) is 54.2 Å². The van der Waals surface area contributed by atoms with E-state index in [9.17, 15) is 4.39 Å². The van der Waals surface area contributed by atoms with Crippen LogP contribution in [0.1, 0.15) is 31.5 Å². The van der Waals surface area contributed by atoms with Gasteiger partial charge in [0.15, 0.2) is 0 Å². The average molecular weight is 591 g/mol. The Hall–Kier alpha value is -3.86. The Morgan fingerprint density at radius 2 is 1.81 bits per heavy atom. The summed E-state index contributed by atoms with van der Waals surface area (Å²) in [5.74, 6) is 7.73. The van der Waals surface area contributed by atoms with Gasteiger partial charge in [-0.1, -0.05) is 38.1 Å². The van der Waals surface area contributed by atoms with Gasteiger partial charge in [0.1, 0.15) is 11.6 Å². The van der Waals surface area contributed by atoms with E-state index in [1.807, 2.05) is 0 Å². The molecule has 0 bridgehead atoms. The summed E-state index contributed by atoms with van der Waals surface area (Å²) in [4.78, 5) is 12.1. The lowest BCUT2D eigenvalue weighted by Crippen LogP contribution is -2.42. The second-order valence-corrected chi connectivity index (χ2v) is 11.7. The van der Waals surface area contributed by atoms with Crippen LogP contribution in [-0.4, -0.2) is 68.2 Å². The van der Waals surface area contributed by atoms with Gasteiger partial charge in [-0.3, -0.25) is 5.01 Å². The summed E-state index contributed by atoms with van der Waals surface area (Å²) in [6.07, 6.45) is 10.7. The largest absolute Gasteiger partial charge is 0.403 e. The molecule has 43 heavy (non-hydrogen) atoms. The van der Waals surface area contributed by atoms with Gasteiger partial charge >= 0.3 is 0 Å². The van der Waals surface area contributed by atoms with E-state index in [1.54, 1.807) is 12.1 Å². The Morgan fingerprint density at radius 1 is 1.09 bits per heavy atom. The van der Waals surface area contributed by atoms with Crippen LogP contribution in [0.4, 0.5) is 15.9 Å². The number of rotatable bonds is 7. The molecule has 3 atom stereocenters. The van der Waals surface area contributed by atoms with Gasteiger partial charge in [-0.2, -0.15) is 0 Å². The fourth-order valence-corrected chi connectivity index (χ4v) is 6.22. The van der Waals surface area contributed by atoms with Crippen LogP contribution in [0.3, 0.4) is 0 Å². The van der Waals surface area contributed by atoms with E-state index in [-0.39, 0.29) is 11.7 Å². The molecule has 1 fully saturated rings. The van der Waals surface area contributed by atoms with Crippen molar-refractivity contribution in [3.63, 3.8) is 0 Å². The SMILES string of the molecule is CC1CC(C)CN(c2cccc(C3=CC=C4CN(C)C(CN)=CC4N3C)n2)C1.COCc1cccc(F)c1N(N)/C=C\N. The van der Waals surface area contributed by atoms with E-state index >= 15 is 0 Å². The molecule has 3 aliphatic rings. The van der Waals surface area contributed by atoms with Crippen molar-refractivity contribution in [3.05, 3.63) is 95.4 Å². The van der Waals surface area contributed by atoms with E-state index in [0.29, 0.717) is 18.7 Å². The number of ether oxygens (including phenoxy) is 1. The highest BCUT2D eigenvalue weighted by molar-refractivity contribution is 5.67. The maximum Gasteiger partial charge on any atom is 0.148 e. The van der Waals surface area contributed by atoms with Gasteiger partial charge in [-0.25, -0.2) is 15.2 Å². The summed E-state index contributed by atoms with van der Waals surface area (Å²) in [6, 6.07) is 11.4. The number of nitrogens with zero attached hydrogens (tertiary/aromatic N) is 5. The minimum atomic E-state index is -0.412. The van der Waals surface area contributed by atoms with Crippen LogP contribution in [-0.2, 0) is 11.3 Å². The highest BCUT2D eigenvalue weighted by Gasteiger charge is 2.29. The number of aromatic nitrogens is 1. The van der Waals surface area contributed by atoms with Crippen LogP contribution in [0, 0.1) is 17.7 Å². The molecule has 1 aromatic carbocycles. The third-order valence-corrected chi connectivity index (χ3v) is 8.17. The molecule has 2 aromatic rings. The fraction of sp³-hybridized carbons (Fsp3) is 0.424. The van der Waals surface area contributed by atoms with Gasteiger partial charge in [0.05, 0.1) is 29.7 Å². The minimum Gasteiger partial charge on any atom is -0.403 e. The number of piperidine rings is 1. The maximum absolute atomic E-state index is 13.5. The number of pyridine rings is 1. The molecular weight excluding hydrogens is 543 g/mol. The van der Waals surface area contributed by atoms with Crippen LogP contribution in [0.15, 0.2) is 78.3 Å². The Bertz CT molecular complexity index is 1360. The summed E-state index contributed by atoms with van der Waals surface area (Å²) < 4.78 is 18.4. The second kappa shape index (κ2) is 14.5. The third-order valence-electron chi connectivity index (χ3n) is 8.17. The first-order valence-electron chi connectivity index (χ1n) is 14.8. The molecule has 1 aromatic heterocycles. The van der Waals surface area contributed by atoms with Crippen LogP contribution < -0.4 is 27.2 Å². The smallest absolute Gasteiger partial charge is 0.148 e. The number of allylic oxidation sites excluding steroid dienone is 2. The topological polar surface area (TPSA) is 113 Å². The molecule has 10 heteroatoms. The highest BCUT2D eigenvalue weighted by Crippen LogP contribution is 2.33. The Morgan fingerprint density at radius 3 is 2.49 bits per heavy atom. The number of anilines is 2. The van der Waals surface area contributed by atoms with Crippen LogP contribution in [0.25, 0.3) is 5.70 Å². The van der Waals surface area contributed by atoms with Crippen molar-refractivity contribution in [1.29, 1.82) is 0 Å². The molecular formula is C33H47FN8O. The van der Waals surface area contributed by atoms with Crippen molar-refractivity contribution in [2.24, 2.45) is 29.1 Å². The third kappa shape index (κ3) is 7.57. The molecule has 0 amide bonds. The van der Waals surface area contributed by atoms with Crippen molar-refractivity contribution >= 4 is 17.2 Å². The van der Waals surface area contributed by atoms with Gasteiger partial charge in [0.2, 0.25) is 0 Å². The molecule has 232 valence electrons. The van der Waals surface area contributed by atoms with Crippen molar-refractivity contribution < 1.29 is 9.13 Å². The molecule has 1 saturated heterocycles. The van der Waals surface area contributed by atoms with Gasteiger partial charge in [-0.15, -0.1) is 0 Å². The van der Waals surface area contributed by atoms with Crippen molar-refractivity contribution in [2.45, 2.75) is 32.9 Å². The predicted octanol–water partition coefficient (Wildman–Crippen LogP) is 4.02. The minimum absolute atomic E-state index is 0.259. The monoisotopic (exact) mass is 590 g/mol.